The first kappa shape index (κ1) is 15.8. The number of nitriles is 1. The number of thiophene rings is 1. The summed E-state index contributed by atoms with van der Waals surface area (Å²) < 4.78 is 5.25. The summed E-state index contributed by atoms with van der Waals surface area (Å²) in [6.45, 7) is 3.61. The number of methoxy groups -OCH3 is 1. The summed E-state index contributed by atoms with van der Waals surface area (Å²) in [6.07, 6.45) is 0. The van der Waals surface area contributed by atoms with Crippen LogP contribution < -0.4 is 10.1 Å². The third-order valence-corrected chi connectivity index (χ3v) is 5.00. The van der Waals surface area contributed by atoms with Gasteiger partial charge in [-0.2, -0.15) is 5.26 Å². The van der Waals surface area contributed by atoms with E-state index < -0.39 is 0 Å². The SMILES string of the molecule is COc1cc(C#N)cc([C@H](c2cccs2)N2CCNCC2)c1O. The maximum absolute atomic E-state index is 10.6. The molecule has 120 valence electrons. The minimum absolute atomic E-state index is 0.0701. The van der Waals surface area contributed by atoms with Crippen molar-refractivity contribution in [3.63, 3.8) is 0 Å². The number of hydrogen-bond acceptors (Lipinski definition) is 6. The van der Waals surface area contributed by atoms with Crippen molar-refractivity contribution in [3.05, 3.63) is 45.6 Å². The lowest BCUT2D eigenvalue weighted by Gasteiger charge is -2.35. The maximum Gasteiger partial charge on any atom is 0.162 e. The van der Waals surface area contributed by atoms with Crippen molar-refractivity contribution in [2.45, 2.75) is 6.04 Å². The Morgan fingerprint density at radius 3 is 2.78 bits per heavy atom. The van der Waals surface area contributed by atoms with E-state index in [9.17, 15) is 10.4 Å². The fourth-order valence-corrected chi connectivity index (χ4v) is 3.85. The zero-order valence-electron chi connectivity index (χ0n) is 13.0. The zero-order chi connectivity index (χ0) is 16.2. The Kier molecular flexibility index (Phi) is 4.82. The van der Waals surface area contributed by atoms with Gasteiger partial charge >= 0.3 is 0 Å². The second-order valence-corrected chi connectivity index (χ2v) is 6.41. The van der Waals surface area contributed by atoms with Gasteiger partial charge in [0.15, 0.2) is 11.5 Å². The molecule has 23 heavy (non-hydrogen) atoms. The summed E-state index contributed by atoms with van der Waals surface area (Å²) in [6, 6.07) is 9.51. The van der Waals surface area contributed by atoms with E-state index in [0.29, 0.717) is 11.3 Å². The highest BCUT2D eigenvalue weighted by molar-refractivity contribution is 7.10. The Balaban J connectivity index is 2.11. The monoisotopic (exact) mass is 329 g/mol. The van der Waals surface area contributed by atoms with E-state index in [-0.39, 0.29) is 11.8 Å². The molecule has 0 unspecified atom stereocenters. The Morgan fingerprint density at radius 2 is 2.17 bits per heavy atom. The van der Waals surface area contributed by atoms with Crippen LogP contribution in [0.5, 0.6) is 11.5 Å². The number of piperazine rings is 1. The van der Waals surface area contributed by atoms with Gasteiger partial charge in [-0.3, -0.25) is 4.90 Å². The molecule has 1 aromatic heterocycles. The van der Waals surface area contributed by atoms with Crippen LogP contribution in [-0.2, 0) is 0 Å². The van der Waals surface area contributed by atoms with Crippen molar-refractivity contribution in [1.29, 1.82) is 5.26 Å². The minimum Gasteiger partial charge on any atom is -0.504 e. The van der Waals surface area contributed by atoms with Gasteiger partial charge in [-0.25, -0.2) is 0 Å². The van der Waals surface area contributed by atoms with Crippen molar-refractivity contribution >= 4 is 11.3 Å². The number of nitrogens with one attached hydrogen (secondary N) is 1. The molecule has 0 radical (unpaired) electrons. The molecule has 0 spiro atoms. The normalized spacial score (nSPS) is 16.7. The molecular formula is C17H19N3O2S. The molecule has 0 bridgehead atoms. The molecule has 5 nitrogen and oxygen atoms in total. The van der Waals surface area contributed by atoms with Gasteiger partial charge in [0.25, 0.3) is 0 Å². The number of nitrogens with zero attached hydrogens (tertiary/aromatic N) is 2. The lowest BCUT2D eigenvalue weighted by molar-refractivity contribution is 0.197. The van der Waals surface area contributed by atoms with Crippen LogP contribution in [-0.4, -0.2) is 43.3 Å². The average Bonchev–Trinajstić information content (AvgIpc) is 3.12. The minimum atomic E-state index is -0.0701. The lowest BCUT2D eigenvalue weighted by atomic mass is 9.98. The fourth-order valence-electron chi connectivity index (χ4n) is 2.98. The fraction of sp³-hybridized carbons (Fsp3) is 0.353. The molecule has 3 rings (SSSR count). The van der Waals surface area contributed by atoms with Gasteiger partial charge in [-0.05, 0) is 17.5 Å². The van der Waals surface area contributed by atoms with E-state index in [0.717, 1.165) is 36.6 Å². The highest BCUT2D eigenvalue weighted by Gasteiger charge is 2.28. The lowest BCUT2D eigenvalue weighted by Crippen LogP contribution is -2.45. The molecule has 0 amide bonds. The van der Waals surface area contributed by atoms with E-state index in [1.165, 1.54) is 7.11 Å². The average molecular weight is 329 g/mol. The van der Waals surface area contributed by atoms with E-state index in [2.05, 4.69) is 22.4 Å². The van der Waals surface area contributed by atoms with Crippen LogP contribution in [0, 0.1) is 11.3 Å². The molecular weight excluding hydrogens is 310 g/mol. The summed E-state index contributed by atoms with van der Waals surface area (Å²) in [4.78, 5) is 3.48. The van der Waals surface area contributed by atoms with E-state index >= 15 is 0 Å². The van der Waals surface area contributed by atoms with Crippen molar-refractivity contribution < 1.29 is 9.84 Å². The molecule has 1 aliphatic rings. The second-order valence-electron chi connectivity index (χ2n) is 5.43. The van der Waals surface area contributed by atoms with Gasteiger partial charge in [0.05, 0.1) is 24.8 Å². The molecule has 2 aromatic rings. The van der Waals surface area contributed by atoms with Crippen LogP contribution in [0.1, 0.15) is 22.0 Å². The summed E-state index contributed by atoms with van der Waals surface area (Å²) in [5, 5.41) is 25.3. The van der Waals surface area contributed by atoms with Gasteiger partial charge in [0, 0.05) is 42.7 Å². The number of ether oxygens (including phenoxy) is 1. The number of phenols is 1. The Hall–Kier alpha value is -2.07. The van der Waals surface area contributed by atoms with Gasteiger partial charge < -0.3 is 15.2 Å². The van der Waals surface area contributed by atoms with Crippen molar-refractivity contribution in [2.24, 2.45) is 0 Å². The Labute approximate surface area is 139 Å². The van der Waals surface area contributed by atoms with Gasteiger partial charge in [0.2, 0.25) is 0 Å². The molecule has 1 aromatic carbocycles. The standard InChI is InChI=1S/C17H19N3O2S/c1-22-14-10-12(11-18)9-13(17(14)21)16(15-3-2-8-23-15)20-6-4-19-5-7-20/h2-3,8-10,16,19,21H,4-7H2,1H3/t16-/m1/s1. The van der Waals surface area contributed by atoms with Crippen molar-refractivity contribution in [1.82, 2.24) is 10.2 Å². The molecule has 2 N–H and O–H groups in total. The molecule has 0 saturated carbocycles. The maximum atomic E-state index is 10.6. The van der Waals surface area contributed by atoms with Crippen LogP contribution in [0.2, 0.25) is 0 Å². The van der Waals surface area contributed by atoms with Gasteiger partial charge in [0.1, 0.15) is 0 Å². The Morgan fingerprint density at radius 1 is 1.39 bits per heavy atom. The van der Waals surface area contributed by atoms with Crippen LogP contribution >= 0.6 is 11.3 Å². The zero-order valence-corrected chi connectivity index (χ0v) is 13.8. The summed E-state index contributed by atoms with van der Waals surface area (Å²) in [5.74, 6) is 0.458. The molecule has 6 heteroatoms. The number of hydrogen-bond donors (Lipinski definition) is 2. The number of phenolic OH excluding ortho intramolecular Hbond substituents is 1. The molecule has 1 atom stereocenters. The van der Waals surface area contributed by atoms with Crippen LogP contribution in [0.4, 0.5) is 0 Å². The van der Waals surface area contributed by atoms with Crippen molar-refractivity contribution in [3.8, 4) is 17.6 Å². The summed E-state index contributed by atoms with van der Waals surface area (Å²) >= 11 is 1.66. The van der Waals surface area contributed by atoms with Crippen LogP contribution in [0.25, 0.3) is 0 Å². The number of rotatable bonds is 4. The largest absolute Gasteiger partial charge is 0.504 e. The third-order valence-electron chi connectivity index (χ3n) is 4.08. The van der Waals surface area contributed by atoms with Gasteiger partial charge in [-0.1, -0.05) is 6.07 Å². The molecule has 2 heterocycles. The van der Waals surface area contributed by atoms with E-state index in [1.807, 2.05) is 11.4 Å². The van der Waals surface area contributed by atoms with Crippen molar-refractivity contribution in [2.75, 3.05) is 33.3 Å². The third kappa shape index (κ3) is 3.17. The molecule has 1 fully saturated rings. The Bertz CT molecular complexity index is 703. The first-order chi connectivity index (χ1) is 11.2. The van der Waals surface area contributed by atoms with Gasteiger partial charge in [-0.15, -0.1) is 11.3 Å². The first-order valence-corrected chi connectivity index (χ1v) is 8.41. The summed E-state index contributed by atoms with van der Waals surface area (Å²) in [7, 11) is 1.50. The molecule has 0 aliphatic carbocycles. The number of benzene rings is 1. The molecule has 1 saturated heterocycles. The topological polar surface area (TPSA) is 68.5 Å². The number of aromatic hydroxyl groups is 1. The van der Waals surface area contributed by atoms with E-state index in [4.69, 9.17) is 4.74 Å². The highest BCUT2D eigenvalue weighted by atomic mass is 32.1. The predicted octanol–water partition coefficient (Wildman–Crippen LogP) is 2.33. The second kappa shape index (κ2) is 7.01. The smallest absolute Gasteiger partial charge is 0.162 e. The summed E-state index contributed by atoms with van der Waals surface area (Å²) in [5.41, 5.74) is 1.22. The van der Waals surface area contributed by atoms with E-state index in [1.54, 1.807) is 23.5 Å². The first-order valence-electron chi connectivity index (χ1n) is 7.53. The van der Waals surface area contributed by atoms with Crippen LogP contribution in [0.3, 0.4) is 0 Å². The highest BCUT2D eigenvalue weighted by Crippen LogP contribution is 2.41. The van der Waals surface area contributed by atoms with Crippen LogP contribution in [0.15, 0.2) is 29.6 Å². The predicted molar refractivity (Wildman–Crippen MR) is 90.0 cm³/mol. The molecule has 1 aliphatic heterocycles. The quantitative estimate of drug-likeness (QED) is 0.901.